The third-order valence-electron chi connectivity index (χ3n) is 3.34. The Hall–Kier alpha value is -1.34. The van der Waals surface area contributed by atoms with Crippen molar-refractivity contribution < 1.29 is 9.90 Å². The average molecular weight is 283 g/mol. The molecule has 1 atom stereocenters. The second-order valence-corrected chi connectivity index (χ2v) is 5.32. The van der Waals surface area contributed by atoms with Gasteiger partial charge in [0.05, 0.1) is 18.2 Å². The van der Waals surface area contributed by atoms with Crippen LogP contribution in [0.3, 0.4) is 0 Å². The van der Waals surface area contributed by atoms with E-state index in [1.807, 2.05) is 0 Å². The van der Waals surface area contributed by atoms with Gasteiger partial charge in [-0.15, -0.1) is 11.8 Å². The molecule has 0 radical (unpaired) electrons. The van der Waals surface area contributed by atoms with Gasteiger partial charge < -0.3 is 15.0 Å². The first-order valence-corrected chi connectivity index (χ1v) is 7.37. The van der Waals surface area contributed by atoms with E-state index in [2.05, 4.69) is 9.97 Å². The van der Waals surface area contributed by atoms with Crippen LogP contribution in [0.25, 0.3) is 0 Å². The number of H-pyrrole nitrogens is 1. The van der Waals surface area contributed by atoms with E-state index in [-0.39, 0.29) is 18.6 Å². The molecule has 1 amide bonds. The van der Waals surface area contributed by atoms with Gasteiger partial charge >= 0.3 is 5.69 Å². The molecule has 0 aliphatic carbocycles. The van der Waals surface area contributed by atoms with Gasteiger partial charge in [-0.25, -0.2) is 4.79 Å². The standard InChI is InChI=1S/C12H17N3O3S/c1-7-9(10(19-2)14-12(18)13-7)11(17)15-5-3-4-8(15)6-16/h8,16H,3-6H2,1-2H3,(H,13,14,18)/t8-/m0/s1. The number of aromatic nitrogens is 2. The van der Waals surface area contributed by atoms with Crippen molar-refractivity contribution in [1.82, 2.24) is 14.9 Å². The number of nitrogens with one attached hydrogen (secondary N) is 1. The van der Waals surface area contributed by atoms with Crippen LogP contribution >= 0.6 is 11.8 Å². The normalized spacial score (nSPS) is 18.9. The number of nitrogens with zero attached hydrogens (tertiary/aromatic N) is 2. The number of aliphatic hydroxyl groups is 1. The maximum absolute atomic E-state index is 12.6. The summed E-state index contributed by atoms with van der Waals surface area (Å²) in [6.45, 7) is 2.30. The number of rotatable bonds is 3. The van der Waals surface area contributed by atoms with E-state index in [1.54, 1.807) is 18.1 Å². The van der Waals surface area contributed by atoms with Crippen molar-refractivity contribution >= 4 is 17.7 Å². The maximum Gasteiger partial charge on any atom is 0.346 e. The minimum atomic E-state index is -0.446. The Bertz CT molecular complexity index is 544. The summed E-state index contributed by atoms with van der Waals surface area (Å²) < 4.78 is 0. The number of thioether (sulfide) groups is 1. The first kappa shape index (κ1) is 14.1. The Balaban J connectivity index is 2.41. The lowest BCUT2D eigenvalue weighted by Crippen LogP contribution is -2.39. The molecular formula is C12H17N3O3S. The van der Waals surface area contributed by atoms with Crippen LogP contribution in [0.5, 0.6) is 0 Å². The summed E-state index contributed by atoms with van der Waals surface area (Å²) >= 11 is 1.28. The second kappa shape index (κ2) is 5.75. The predicted octanol–water partition coefficient (Wildman–Crippen LogP) is 0.397. The van der Waals surface area contributed by atoms with Crippen molar-refractivity contribution in [2.45, 2.75) is 30.8 Å². The Labute approximate surface area is 115 Å². The third-order valence-corrected chi connectivity index (χ3v) is 4.02. The Morgan fingerprint density at radius 3 is 3.00 bits per heavy atom. The zero-order valence-electron chi connectivity index (χ0n) is 11.0. The van der Waals surface area contributed by atoms with Crippen molar-refractivity contribution in [3.8, 4) is 0 Å². The van der Waals surface area contributed by atoms with Gasteiger partial charge in [0.25, 0.3) is 5.91 Å². The van der Waals surface area contributed by atoms with Crippen molar-refractivity contribution in [2.24, 2.45) is 0 Å². The summed E-state index contributed by atoms with van der Waals surface area (Å²) in [4.78, 5) is 32.0. The predicted molar refractivity (Wildman–Crippen MR) is 72.5 cm³/mol. The van der Waals surface area contributed by atoms with Gasteiger partial charge in [-0.3, -0.25) is 4.79 Å². The molecule has 0 spiro atoms. The van der Waals surface area contributed by atoms with Crippen LogP contribution in [0.15, 0.2) is 9.82 Å². The number of carbonyl (C=O) groups excluding carboxylic acids is 1. The summed E-state index contributed by atoms with van der Waals surface area (Å²) in [7, 11) is 0. The molecule has 0 saturated carbocycles. The number of likely N-dealkylation sites (tertiary alicyclic amines) is 1. The number of aliphatic hydroxyl groups excluding tert-OH is 1. The fourth-order valence-electron chi connectivity index (χ4n) is 2.40. The molecule has 1 fully saturated rings. The summed E-state index contributed by atoms with van der Waals surface area (Å²) in [5.41, 5.74) is 0.518. The molecule has 7 heteroatoms. The first-order valence-electron chi connectivity index (χ1n) is 6.15. The van der Waals surface area contributed by atoms with Crippen LogP contribution in [0.4, 0.5) is 0 Å². The summed E-state index contributed by atoms with van der Waals surface area (Å²) in [6.07, 6.45) is 3.49. The van der Waals surface area contributed by atoms with E-state index in [1.165, 1.54) is 11.8 Å². The van der Waals surface area contributed by atoms with Crippen LogP contribution in [0.1, 0.15) is 28.9 Å². The third kappa shape index (κ3) is 2.66. The highest BCUT2D eigenvalue weighted by Gasteiger charge is 2.31. The monoisotopic (exact) mass is 283 g/mol. The van der Waals surface area contributed by atoms with E-state index in [9.17, 15) is 14.7 Å². The fraction of sp³-hybridized carbons (Fsp3) is 0.583. The number of amides is 1. The van der Waals surface area contributed by atoms with Crippen molar-refractivity contribution in [3.05, 3.63) is 21.7 Å². The molecule has 2 N–H and O–H groups in total. The molecule has 0 unspecified atom stereocenters. The van der Waals surface area contributed by atoms with Gasteiger partial charge in [0.1, 0.15) is 5.03 Å². The highest BCUT2D eigenvalue weighted by Crippen LogP contribution is 2.24. The molecule has 6 nitrogen and oxygen atoms in total. The lowest BCUT2D eigenvalue weighted by Gasteiger charge is -2.24. The molecular weight excluding hydrogens is 266 g/mol. The van der Waals surface area contributed by atoms with Gasteiger partial charge in [-0.05, 0) is 26.0 Å². The minimum Gasteiger partial charge on any atom is -0.394 e. The largest absolute Gasteiger partial charge is 0.394 e. The van der Waals surface area contributed by atoms with Crippen molar-refractivity contribution in [3.63, 3.8) is 0 Å². The molecule has 0 bridgehead atoms. The smallest absolute Gasteiger partial charge is 0.346 e. The molecule has 1 saturated heterocycles. The van der Waals surface area contributed by atoms with Crippen LogP contribution in [0, 0.1) is 6.92 Å². The molecule has 1 aromatic heterocycles. The van der Waals surface area contributed by atoms with Crippen LogP contribution in [-0.4, -0.2) is 51.3 Å². The molecule has 1 aliphatic heterocycles. The van der Waals surface area contributed by atoms with E-state index in [0.29, 0.717) is 22.8 Å². The number of aromatic amines is 1. The maximum atomic E-state index is 12.6. The first-order chi connectivity index (χ1) is 9.08. The van der Waals surface area contributed by atoms with E-state index < -0.39 is 5.69 Å². The second-order valence-electron chi connectivity index (χ2n) is 4.53. The molecule has 19 heavy (non-hydrogen) atoms. The van der Waals surface area contributed by atoms with Crippen LogP contribution in [0.2, 0.25) is 0 Å². The summed E-state index contributed by atoms with van der Waals surface area (Å²) in [5.74, 6) is -0.165. The summed E-state index contributed by atoms with van der Waals surface area (Å²) in [5, 5.41) is 9.74. The van der Waals surface area contributed by atoms with Gasteiger partial charge in [-0.2, -0.15) is 4.98 Å². The molecule has 2 heterocycles. The average Bonchev–Trinajstić information content (AvgIpc) is 2.85. The van der Waals surface area contributed by atoms with Gasteiger partial charge in [0, 0.05) is 12.2 Å². The number of aryl methyl sites for hydroxylation is 1. The lowest BCUT2D eigenvalue weighted by atomic mass is 10.2. The Morgan fingerprint density at radius 1 is 1.63 bits per heavy atom. The van der Waals surface area contributed by atoms with Crippen molar-refractivity contribution in [1.29, 1.82) is 0 Å². The number of hydrogen-bond donors (Lipinski definition) is 2. The Morgan fingerprint density at radius 2 is 2.37 bits per heavy atom. The fourth-order valence-corrected chi connectivity index (χ4v) is 3.01. The topological polar surface area (TPSA) is 86.3 Å². The highest BCUT2D eigenvalue weighted by atomic mass is 32.2. The van der Waals surface area contributed by atoms with Gasteiger partial charge in [0.15, 0.2) is 0 Å². The summed E-state index contributed by atoms with van der Waals surface area (Å²) in [6, 6.07) is -0.131. The molecule has 2 rings (SSSR count). The van der Waals surface area contributed by atoms with Crippen molar-refractivity contribution in [2.75, 3.05) is 19.4 Å². The zero-order chi connectivity index (χ0) is 14.0. The molecule has 104 valence electrons. The minimum absolute atomic E-state index is 0.0316. The SMILES string of the molecule is CSc1nc(=O)[nH]c(C)c1C(=O)N1CCC[C@H]1CO. The number of carbonyl (C=O) groups is 1. The van der Waals surface area contributed by atoms with E-state index in [0.717, 1.165) is 12.8 Å². The van der Waals surface area contributed by atoms with Crippen LogP contribution < -0.4 is 5.69 Å². The van der Waals surface area contributed by atoms with Crippen LogP contribution in [-0.2, 0) is 0 Å². The Kier molecular flexibility index (Phi) is 4.26. The quantitative estimate of drug-likeness (QED) is 0.619. The highest BCUT2D eigenvalue weighted by molar-refractivity contribution is 7.98. The van der Waals surface area contributed by atoms with Gasteiger partial charge in [0.2, 0.25) is 0 Å². The molecule has 1 aromatic rings. The number of hydrogen-bond acceptors (Lipinski definition) is 5. The van der Waals surface area contributed by atoms with E-state index in [4.69, 9.17) is 0 Å². The molecule has 1 aliphatic rings. The molecule has 0 aromatic carbocycles. The van der Waals surface area contributed by atoms with E-state index >= 15 is 0 Å². The lowest BCUT2D eigenvalue weighted by molar-refractivity contribution is 0.0671. The zero-order valence-corrected chi connectivity index (χ0v) is 11.8. The van der Waals surface area contributed by atoms with Gasteiger partial charge in [-0.1, -0.05) is 0 Å².